The van der Waals surface area contributed by atoms with E-state index in [1.165, 1.54) is 86.9 Å². The molecular formula is C63H38N4S. The van der Waals surface area contributed by atoms with E-state index >= 15 is 0 Å². The summed E-state index contributed by atoms with van der Waals surface area (Å²) in [5.41, 5.74) is 10.8. The zero-order chi connectivity index (χ0) is 44.7. The summed E-state index contributed by atoms with van der Waals surface area (Å²) < 4.78 is 1.04. The maximum absolute atomic E-state index is 4.80. The van der Waals surface area contributed by atoms with Crippen LogP contribution >= 0.6 is 11.3 Å². The second-order valence-corrected chi connectivity index (χ2v) is 18.5. The molecule has 0 aliphatic carbocycles. The SMILES string of the molecule is c1ccc2c(c1)c1ccccc1c1cc(-c3ccc(N(c4ccc(-c5ccc6c7ccccc7c7ccccc7c6c5)cc4)c4ccc(-c5ncnc6c5sc5ncccc56)cc4)cc3)ccc21. The van der Waals surface area contributed by atoms with E-state index in [1.807, 2.05) is 12.3 Å². The van der Waals surface area contributed by atoms with Crippen molar-refractivity contribution in [3.8, 4) is 33.5 Å². The molecule has 0 atom stereocenters. The summed E-state index contributed by atoms with van der Waals surface area (Å²) in [5.74, 6) is 0. The average molecular weight is 883 g/mol. The maximum Gasteiger partial charge on any atom is 0.126 e. The quantitative estimate of drug-likeness (QED) is 0.156. The molecule has 68 heavy (non-hydrogen) atoms. The van der Waals surface area contributed by atoms with Crippen LogP contribution in [0.4, 0.5) is 17.1 Å². The molecule has 0 bridgehead atoms. The second kappa shape index (κ2) is 15.4. The molecule has 316 valence electrons. The highest BCUT2D eigenvalue weighted by atomic mass is 32.1. The molecule has 0 unspecified atom stereocenters. The molecule has 4 nitrogen and oxygen atoms in total. The second-order valence-electron chi connectivity index (χ2n) is 17.5. The Morgan fingerprint density at radius 1 is 0.294 bits per heavy atom. The van der Waals surface area contributed by atoms with Gasteiger partial charge in [0.25, 0.3) is 0 Å². The number of benzene rings is 11. The summed E-state index contributed by atoms with van der Waals surface area (Å²) >= 11 is 1.64. The Balaban J connectivity index is 0.868. The number of thiophene rings is 1. The molecule has 5 heteroatoms. The van der Waals surface area contributed by atoms with E-state index in [2.05, 4.69) is 227 Å². The first-order chi connectivity index (χ1) is 33.7. The van der Waals surface area contributed by atoms with Crippen LogP contribution in [0.5, 0.6) is 0 Å². The molecule has 0 amide bonds. The third-order valence-corrected chi connectivity index (χ3v) is 14.9. The summed E-state index contributed by atoms with van der Waals surface area (Å²) in [6.07, 6.45) is 3.50. The van der Waals surface area contributed by atoms with Gasteiger partial charge in [-0.05, 0) is 148 Å². The van der Waals surface area contributed by atoms with Crippen molar-refractivity contribution in [3.63, 3.8) is 0 Å². The van der Waals surface area contributed by atoms with Gasteiger partial charge in [0, 0.05) is 34.2 Å². The Morgan fingerprint density at radius 3 is 1.10 bits per heavy atom. The normalized spacial score (nSPS) is 11.8. The van der Waals surface area contributed by atoms with Gasteiger partial charge in [0.05, 0.1) is 15.9 Å². The molecule has 0 saturated heterocycles. The molecule has 3 heterocycles. The van der Waals surface area contributed by atoms with Gasteiger partial charge < -0.3 is 4.90 Å². The van der Waals surface area contributed by atoms with Crippen LogP contribution in [0.2, 0.25) is 0 Å². The molecule has 0 saturated carbocycles. The van der Waals surface area contributed by atoms with Crippen LogP contribution in [-0.2, 0) is 0 Å². The Kier molecular flexibility index (Phi) is 8.73. The zero-order valence-electron chi connectivity index (χ0n) is 36.6. The average Bonchev–Trinajstić information content (AvgIpc) is 3.81. The number of nitrogens with zero attached hydrogens (tertiary/aromatic N) is 4. The van der Waals surface area contributed by atoms with Gasteiger partial charge in [-0.2, -0.15) is 0 Å². The van der Waals surface area contributed by atoms with Crippen LogP contribution in [0.15, 0.2) is 231 Å². The molecular weight excluding hydrogens is 845 g/mol. The van der Waals surface area contributed by atoms with Crippen molar-refractivity contribution in [3.05, 3.63) is 231 Å². The number of aromatic nitrogens is 3. The molecule has 11 aromatic carbocycles. The van der Waals surface area contributed by atoms with Crippen LogP contribution in [0.25, 0.3) is 119 Å². The van der Waals surface area contributed by atoms with E-state index in [9.17, 15) is 0 Å². The van der Waals surface area contributed by atoms with Crippen molar-refractivity contribution in [2.24, 2.45) is 0 Å². The van der Waals surface area contributed by atoms with Gasteiger partial charge in [0.15, 0.2) is 0 Å². The minimum absolute atomic E-state index is 0.914. The van der Waals surface area contributed by atoms with Crippen molar-refractivity contribution in [2.75, 3.05) is 4.90 Å². The molecule has 14 rings (SSSR count). The first-order valence-corrected chi connectivity index (χ1v) is 23.8. The summed E-state index contributed by atoms with van der Waals surface area (Å²) in [5, 5.41) is 16.4. The van der Waals surface area contributed by atoms with Gasteiger partial charge in [-0.3, -0.25) is 0 Å². The molecule has 0 N–H and O–H groups in total. The lowest BCUT2D eigenvalue weighted by Crippen LogP contribution is -2.09. The number of fused-ring (bicyclic) bond motifs is 15. The van der Waals surface area contributed by atoms with Gasteiger partial charge in [-0.1, -0.05) is 158 Å². The lowest BCUT2D eigenvalue weighted by Gasteiger charge is -2.26. The molecule has 14 aromatic rings. The highest BCUT2D eigenvalue weighted by Gasteiger charge is 2.18. The van der Waals surface area contributed by atoms with Crippen LogP contribution in [-0.4, -0.2) is 15.0 Å². The summed E-state index contributed by atoms with van der Waals surface area (Å²) in [4.78, 5) is 17.4. The number of pyridine rings is 1. The Hall–Kier alpha value is -8.77. The zero-order valence-corrected chi connectivity index (χ0v) is 37.5. The van der Waals surface area contributed by atoms with E-state index in [0.717, 1.165) is 48.8 Å². The summed E-state index contributed by atoms with van der Waals surface area (Å²) in [7, 11) is 0. The Morgan fingerprint density at radius 2 is 0.662 bits per heavy atom. The highest BCUT2D eigenvalue weighted by Crippen LogP contribution is 2.43. The molecule has 0 aliphatic heterocycles. The van der Waals surface area contributed by atoms with Gasteiger partial charge >= 0.3 is 0 Å². The van der Waals surface area contributed by atoms with Crippen molar-refractivity contribution < 1.29 is 0 Å². The van der Waals surface area contributed by atoms with Crippen molar-refractivity contribution >= 4 is 113 Å². The van der Waals surface area contributed by atoms with E-state index < -0.39 is 0 Å². The van der Waals surface area contributed by atoms with Crippen LogP contribution < -0.4 is 4.90 Å². The highest BCUT2D eigenvalue weighted by molar-refractivity contribution is 7.25. The van der Waals surface area contributed by atoms with Gasteiger partial charge in [-0.15, -0.1) is 11.3 Å². The predicted octanol–water partition coefficient (Wildman–Crippen LogP) is 17.6. The predicted molar refractivity (Wildman–Crippen MR) is 289 cm³/mol. The fourth-order valence-electron chi connectivity index (χ4n) is 10.6. The van der Waals surface area contributed by atoms with Gasteiger partial charge in [0.2, 0.25) is 0 Å². The van der Waals surface area contributed by atoms with Crippen molar-refractivity contribution in [1.29, 1.82) is 0 Å². The first kappa shape index (κ1) is 38.5. The lowest BCUT2D eigenvalue weighted by molar-refractivity contribution is 1.23. The largest absolute Gasteiger partial charge is 0.311 e. The van der Waals surface area contributed by atoms with Crippen LogP contribution in [0.1, 0.15) is 0 Å². The summed E-state index contributed by atoms with van der Waals surface area (Å²) in [6.45, 7) is 0. The fourth-order valence-corrected chi connectivity index (χ4v) is 11.7. The molecule has 0 radical (unpaired) electrons. The fraction of sp³-hybridized carbons (Fsp3) is 0. The number of anilines is 3. The topological polar surface area (TPSA) is 41.9 Å². The number of hydrogen-bond donors (Lipinski definition) is 0. The maximum atomic E-state index is 4.80. The van der Waals surface area contributed by atoms with Crippen LogP contribution in [0.3, 0.4) is 0 Å². The van der Waals surface area contributed by atoms with Crippen molar-refractivity contribution in [1.82, 2.24) is 15.0 Å². The number of rotatable bonds is 6. The van der Waals surface area contributed by atoms with Gasteiger partial charge in [0.1, 0.15) is 11.2 Å². The third kappa shape index (κ3) is 6.10. The monoisotopic (exact) mass is 882 g/mol. The number of hydrogen-bond acceptors (Lipinski definition) is 5. The summed E-state index contributed by atoms with van der Waals surface area (Å²) in [6, 6.07) is 79.7. The lowest BCUT2D eigenvalue weighted by atomic mass is 9.92. The minimum Gasteiger partial charge on any atom is -0.311 e. The first-order valence-electron chi connectivity index (χ1n) is 23.0. The third-order valence-electron chi connectivity index (χ3n) is 13.8. The minimum atomic E-state index is 0.914. The van der Waals surface area contributed by atoms with E-state index in [4.69, 9.17) is 4.98 Å². The standard InChI is InChI=1S/C63H38N4S/c1-3-14-51-47(10-1)49-12-5-7-16-53(49)58-36-42(25-33-55(51)58)39-19-27-44(28-20-39)67(46-31-23-41(24-32-46)60-62-61(66-38-65-60)57-18-9-35-64-63(57)68-62)45-29-21-40(22-30-45)43-26-34-56-52-15-4-2-11-48(52)50-13-6-8-17-54(50)59(56)37-43/h1-38H. The Bertz CT molecular complexity index is 4040. The Labute approximate surface area is 395 Å². The molecule has 0 aliphatic rings. The van der Waals surface area contributed by atoms with E-state index in [1.54, 1.807) is 17.7 Å². The molecule has 3 aromatic heterocycles. The van der Waals surface area contributed by atoms with E-state index in [-0.39, 0.29) is 0 Å². The smallest absolute Gasteiger partial charge is 0.126 e. The van der Waals surface area contributed by atoms with Gasteiger partial charge in [-0.25, -0.2) is 15.0 Å². The van der Waals surface area contributed by atoms with Crippen molar-refractivity contribution in [2.45, 2.75) is 0 Å². The van der Waals surface area contributed by atoms with Crippen LogP contribution in [0, 0.1) is 0 Å². The molecule has 0 spiro atoms. The molecule has 0 fully saturated rings. The van der Waals surface area contributed by atoms with E-state index in [0.29, 0.717) is 0 Å².